The van der Waals surface area contributed by atoms with E-state index < -0.39 is 0 Å². The first kappa shape index (κ1) is 16.3. The van der Waals surface area contributed by atoms with Crippen molar-refractivity contribution in [2.24, 2.45) is 11.8 Å². The lowest BCUT2D eigenvalue weighted by Gasteiger charge is -2.32. The van der Waals surface area contributed by atoms with Gasteiger partial charge in [-0.1, -0.05) is 13.0 Å². The summed E-state index contributed by atoms with van der Waals surface area (Å²) < 4.78 is 0. The molecule has 3 rings (SSSR count). The molecule has 0 aliphatic carbocycles. The molecule has 1 aromatic rings. The maximum absolute atomic E-state index is 12.5. The first-order chi connectivity index (χ1) is 11.1. The second kappa shape index (κ2) is 7.35. The molecule has 126 valence electrons. The van der Waals surface area contributed by atoms with Gasteiger partial charge < -0.3 is 15.5 Å². The second-order valence-electron chi connectivity index (χ2n) is 7.29. The van der Waals surface area contributed by atoms with Gasteiger partial charge >= 0.3 is 0 Å². The van der Waals surface area contributed by atoms with Crippen LogP contribution in [0.15, 0.2) is 24.3 Å². The third-order valence-electron chi connectivity index (χ3n) is 5.26. The monoisotopic (exact) mass is 315 g/mol. The quantitative estimate of drug-likeness (QED) is 0.900. The van der Waals surface area contributed by atoms with Crippen molar-refractivity contribution in [2.75, 3.05) is 29.9 Å². The van der Waals surface area contributed by atoms with Gasteiger partial charge in [0.05, 0.1) is 0 Å². The summed E-state index contributed by atoms with van der Waals surface area (Å²) in [5.41, 5.74) is 2.16. The SMILES string of the molecule is CC1CCN(c2cccc(NC(=O)[C@H]3CCN[C@@H](C)C3)c2)CC1. The van der Waals surface area contributed by atoms with Crippen molar-refractivity contribution in [3.8, 4) is 0 Å². The topological polar surface area (TPSA) is 44.4 Å². The summed E-state index contributed by atoms with van der Waals surface area (Å²) in [6, 6.07) is 8.75. The number of piperidine rings is 2. The third-order valence-corrected chi connectivity index (χ3v) is 5.26. The Bertz CT molecular complexity index is 537. The number of rotatable bonds is 3. The molecule has 0 radical (unpaired) electrons. The zero-order valence-electron chi connectivity index (χ0n) is 14.3. The Morgan fingerprint density at radius 3 is 2.74 bits per heavy atom. The molecule has 2 atom stereocenters. The van der Waals surface area contributed by atoms with E-state index in [-0.39, 0.29) is 11.8 Å². The number of carbonyl (C=O) groups is 1. The summed E-state index contributed by atoms with van der Waals surface area (Å²) in [4.78, 5) is 14.9. The molecular formula is C19H29N3O. The van der Waals surface area contributed by atoms with Gasteiger partial charge in [-0.3, -0.25) is 4.79 Å². The molecule has 4 nitrogen and oxygen atoms in total. The fourth-order valence-corrected chi connectivity index (χ4v) is 3.66. The van der Waals surface area contributed by atoms with E-state index in [0.717, 1.165) is 44.1 Å². The van der Waals surface area contributed by atoms with E-state index in [9.17, 15) is 4.79 Å². The number of hydrogen-bond acceptors (Lipinski definition) is 3. The summed E-state index contributed by atoms with van der Waals surface area (Å²) in [5.74, 6) is 1.13. The smallest absolute Gasteiger partial charge is 0.227 e. The predicted octanol–water partition coefficient (Wildman–Crippen LogP) is 3.25. The Balaban J connectivity index is 1.62. The third kappa shape index (κ3) is 4.25. The van der Waals surface area contributed by atoms with E-state index in [1.54, 1.807) is 0 Å². The zero-order chi connectivity index (χ0) is 16.2. The van der Waals surface area contributed by atoms with Gasteiger partial charge in [-0.05, 0) is 63.3 Å². The normalized spacial score (nSPS) is 26.1. The van der Waals surface area contributed by atoms with Gasteiger partial charge in [0.15, 0.2) is 0 Å². The van der Waals surface area contributed by atoms with Crippen LogP contribution < -0.4 is 15.5 Å². The highest BCUT2D eigenvalue weighted by Crippen LogP contribution is 2.26. The van der Waals surface area contributed by atoms with E-state index in [4.69, 9.17) is 0 Å². The van der Waals surface area contributed by atoms with Gasteiger partial charge in [-0.2, -0.15) is 0 Å². The molecule has 2 fully saturated rings. The molecule has 2 heterocycles. The van der Waals surface area contributed by atoms with E-state index in [2.05, 4.69) is 41.5 Å². The lowest BCUT2D eigenvalue weighted by molar-refractivity contribution is -0.120. The number of hydrogen-bond donors (Lipinski definition) is 2. The van der Waals surface area contributed by atoms with Crippen LogP contribution in [0.25, 0.3) is 0 Å². The Morgan fingerprint density at radius 2 is 2.00 bits per heavy atom. The van der Waals surface area contributed by atoms with Crippen molar-refractivity contribution in [3.05, 3.63) is 24.3 Å². The summed E-state index contributed by atoms with van der Waals surface area (Å²) in [7, 11) is 0. The second-order valence-corrected chi connectivity index (χ2v) is 7.29. The van der Waals surface area contributed by atoms with Crippen molar-refractivity contribution < 1.29 is 4.79 Å². The van der Waals surface area contributed by atoms with Gasteiger partial charge in [0.25, 0.3) is 0 Å². The molecule has 0 bridgehead atoms. The highest BCUT2D eigenvalue weighted by molar-refractivity contribution is 5.93. The van der Waals surface area contributed by atoms with Crippen LogP contribution in [0.4, 0.5) is 11.4 Å². The highest BCUT2D eigenvalue weighted by atomic mass is 16.1. The van der Waals surface area contributed by atoms with Gasteiger partial charge in [0, 0.05) is 36.4 Å². The van der Waals surface area contributed by atoms with Gasteiger partial charge in [0.1, 0.15) is 0 Å². The summed E-state index contributed by atoms with van der Waals surface area (Å²) in [6.07, 6.45) is 4.36. The zero-order valence-corrected chi connectivity index (χ0v) is 14.3. The minimum absolute atomic E-state index is 0.130. The van der Waals surface area contributed by atoms with Crippen LogP contribution in [0.2, 0.25) is 0 Å². The Labute approximate surface area is 139 Å². The molecular weight excluding hydrogens is 286 g/mol. The largest absolute Gasteiger partial charge is 0.371 e. The Hall–Kier alpha value is -1.55. The molecule has 0 unspecified atom stereocenters. The van der Waals surface area contributed by atoms with Crippen LogP contribution >= 0.6 is 0 Å². The Kier molecular flexibility index (Phi) is 5.21. The van der Waals surface area contributed by atoms with Crippen LogP contribution in [0, 0.1) is 11.8 Å². The van der Waals surface area contributed by atoms with E-state index >= 15 is 0 Å². The summed E-state index contributed by atoms with van der Waals surface area (Å²) >= 11 is 0. The molecule has 4 heteroatoms. The van der Waals surface area contributed by atoms with Crippen LogP contribution in [0.1, 0.15) is 39.5 Å². The van der Waals surface area contributed by atoms with Crippen LogP contribution in [-0.4, -0.2) is 31.6 Å². The average molecular weight is 315 g/mol. The summed E-state index contributed by atoms with van der Waals surface area (Å²) in [6.45, 7) is 7.64. The number of anilines is 2. The maximum Gasteiger partial charge on any atom is 0.227 e. The average Bonchev–Trinajstić information content (AvgIpc) is 2.56. The fourth-order valence-electron chi connectivity index (χ4n) is 3.66. The van der Waals surface area contributed by atoms with Gasteiger partial charge in [-0.25, -0.2) is 0 Å². The molecule has 23 heavy (non-hydrogen) atoms. The molecule has 2 aliphatic heterocycles. The minimum atomic E-state index is 0.130. The number of amides is 1. The van der Waals surface area contributed by atoms with E-state index in [1.807, 2.05) is 12.1 Å². The number of nitrogens with one attached hydrogen (secondary N) is 2. The lowest BCUT2D eigenvalue weighted by atomic mass is 9.92. The van der Waals surface area contributed by atoms with Gasteiger partial charge in [0.2, 0.25) is 5.91 Å². The minimum Gasteiger partial charge on any atom is -0.371 e. The number of nitrogens with zero attached hydrogens (tertiary/aromatic N) is 1. The van der Waals surface area contributed by atoms with Crippen molar-refractivity contribution in [2.45, 2.75) is 45.6 Å². The fraction of sp³-hybridized carbons (Fsp3) is 0.632. The van der Waals surface area contributed by atoms with E-state index in [0.29, 0.717) is 6.04 Å². The van der Waals surface area contributed by atoms with Crippen LogP contribution in [0.3, 0.4) is 0 Å². The predicted molar refractivity (Wildman–Crippen MR) is 95.9 cm³/mol. The van der Waals surface area contributed by atoms with Crippen molar-refractivity contribution in [1.82, 2.24) is 5.32 Å². The van der Waals surface area contributed by atoms with Crippen LogP contribution in [0.5, 0.6) is 0 Å². The molecule has 1 aromatic carbocycles. The molecule has 2 N–H and O–H groups in total. The lowest BCUT2D eigenvalue weighted by Crippen LogP contribution is -2.40. The first-order valence-electron chi connectivity index (χ1n) is 9.01. The molecule has 0 spiro atoms. The molecule has 1 amide bonds. The van der Waals surface area contributed by atoms with E-state index in [1.165, 1.54) is 18.5 Å². The standard InChI is InChI=1S/C19H29N3O/c1-14-7-10-22(11-8-14)18-5-3-4-17(13-18)21-19(23)16-6-9-20-15(2)12-16/h3-5,13-16,20H,6-12H2,1-2H3,(H,21,23)/t15-,16-/m0/s1. The van der Waals surface area contributed by atoms with Crippen molar-refractivity contribution >= 4 is 17.3 Å². The van der Waals surface area contributed by atoms with Crippen molar-refractivity contribution in [3.63, 3.8) is 0 Å². The van der Waals surface area contributed by atoms with Gasteiger partial charge in [-0.15, -0.1) is 0 Å². The number of benzene rings is 1. The molecule has 2 saturated heterocycles. The molecule has 2 aliphatic rings. The van der Waals surface area contributed by atoms with Crippen LogP contribution in [-0.2, 0) is 4.79 Å². The molecule has 0 aromatic heterocycles. The highest BCUT2D eigenvalue weighted by Gasteiger charge is 2.25. The van der Waals surface area contributed by atoms with Crippen molar-refractivity contribution in [1.29, 1.82) is 0 Å². The first-order valence-corrected chi connectivity index (χ1v) is 9.01. The number of carbonyl (C=O) groups excluding carboxylic acids is 1. The molecule has 0 saturated carbocycles. The summed E-state index contributed by atoms with van der Waals surface area (Å²) in [5, 5.41) is 6.53. The maximum atomic E-state index is 12.5. The Morgan fingerprint density at radius 1 is 1.22 bits per heavy atom.